The van der Waals surface area contributed by atoms with E-state index in [2.05, 4.69) is 17.2 Å². The average molecular weight is 224 g/mol. The van der Waals surface area contributed by atoms with Crippen molar-refractivity contribution < 1.29 is 4.79 Å². The summed E-state index contributed by atoms with van der Waals surface area (Å²) in [5.41, 5.74) is 5.87. The molecule has 1 heterocycles. The van der Waals surface area contributed by atoms with E-state index in [0.29, 0.717) is 18.8 Å². The number of rotatable bonds is 6. The molecular formula is C11H20N4O. The fourth-order valence-electron chi connectivity index (χ4n) is 1.55. The number of aromatic nitrogens is 2. The molecule has 1 atom stereocenters. The third-order valence-corrected chi connectivity index (χ3v) is 2.35. The third-order valence-electron chi connectivity index (χ3n) is 2.35. The molecule has 3 N–H and O–H groups in total. The smallest absolute Gasteiger partial charge is 0.271 e. The Morgan fingerprint density at radius 2 is 2.44 bits per heavy atom. The van der Waals surface area contributed by atoms with Gasteiger partial charge in [-0.25, -0.2) is 4.98 Å². The standard InChI is InChI=1S/C11H20N4O/c1-3-4-9(2)14-11(16)10-7-15(6-5-12)8-13-10/h7-9H,3-6,12H2,1-2H3,(H,14,16). The number of nitrogens with two attached hydrogens (primary N) is 1. The molecule has 0 saturated heterocycles. The molecule has 5 heteroatoms. The van der Waals surface area contributed by atoms with E-state index < -0.39 is 0 Å². The number of nitrogens with zero attached hydrogens (tertiary/aromatic N) is 2. The van der Waals surface area contributed by atoms with E-state index in [4.69, 9.17) is 5.73 Å². The van der Waals surface area contributed by atoms with E-state index in [1.807, 2.05) is 11.5 Å². The Morgan fingerprint density at radius 1 is 1.69 bits per heavy atom. The van der Waals surface area contributed by atoms with Crippen molar-refractivity contribution in [1.82, 2.24) is 14.9 Å². The van der Waals surface area contributed by atoms with Gasteiger partial charge in [-0.05, 0) is 13.3 Å². The number of carbonyl (C=O) groups excluding carboxylic acids is 1. The summed E-state index contributed by atoms with van der Waals surface area (Å²) < 4.78 is 1.82. The maximum Gasteiger partial charge on any atom is 0.271 e. The van der Waals surface area contributed by atoms with Crippen LogP contribution in [0.2, 0.25) is 0 Å². The van der Waals surface area contributed by atoms with Crippen LogP contribution < -0.4 is 11.1 Å². The van der Waals surface area contributed by atoms with Gasteiger partial charge in [0.1, 0.15) is 5.69 Å². The lowest BCUT2D eigenvalue weighted by molar-refractivity contribution is 0.0933. The van der Waals surface area contributed by atoms with Gasteiger partial charge in [0.25, 0.3) is 5.91 Å². The number of nitrogens with one attached hydrogen (secondary N) is 1. The maximum absolute atomic E-state index is 11.7. The molecule has 1 aromatic heterocycles. The highest BCUT2D eigenvalue weighted by Gasteiger charge is 2.11. The molecule has 0 aromatic carbocycles. The Kier molecular flexibility index (Phi) is 4.98. The van der Waals surface area contributed by atoms with Gasteiger partial charge >= 0.3 is 0 Å². The molecule has 0 bridgehead atoms. The van der Waals surface area contributed by atoms with Crippen molar-refractivity contribution in [2.75, 3.05) is 6.54 Å². The molecule has 0 fully saturated rings. The van der Waals surface area contributed by atoms with E-state index in [1.165, 1.54) is 0 Å². The molecule has 0 saturated carbocycles. The summed E-state index contributed by atoms with van der Waals surface area (Å²) in [6.07, 6.45) is 5.39. The zero-order chi connectivity index (χ0) is 12.0. The summed E-state index contributed by atoms with van der Waals surface area (Å²) >= 11 is 0. The van der Waals surface area contributed by atoms with Crippen molar-refractivity contribution in [2.45, 2.75) is 39.3 Å². The molecular weight excluding hydrogens is 204 g/mol. The van der Waals surface area contributed by atoms with Crippen molar-refractivity contribution >= 4 is 5.91 Å². The molecule has 16 heavy (non-hydrogen) atoms. The minimum Gasteiger partial charge on any atom is -0.348 e. The molecule has 5 nitrogen and oxygen atoms in total. The maximum atomic E-state index is 11.7. The molecule has 1 amide bonds. The Hall–Kier alpha value is -1.36. The Morgan fingerprint density at radius 3 is 3.06 bits per heavy atom. The SMILES string of the molecule is CCCC(C)NC(=O)c1cn(CCN)cn1. The van der Waals surface area contributed by atoms with Gasteiger partial charge in [0.05, 0.1) is 6.33 Å². The van der Waals surface area contributed by atoms with Crippen molar-refractivity contribution in [2.24, 2.45) is 5.73 Å². The minimum atomic E-state index is -0.114. The van der Waals surface area contributed by atoms with Gasteiger partial charge in [0, 0.05) is 25.3 Å². The third kappa shape index (κ3) is 3.66. The lowest BCUT2D eigenvalue weighted by Crippen LogP contribution is -2.32. The Bertz CT molecular complexity index is 334. The summed E-state index contributed by atoms with van der Waals surface area (Å²) in [4.78, 5) is 15.8. The van der Waals surface area contributed by atoms with Crippen LogP contribution in [0.1, 0.15) is 37.2 Å². The highest BCUT2D eigenvalue weighted by atomic mass is 16.1. The van der Waals surface area contributed by atoms with Gasteiger partial charge in [-0.15, -0.1) is 0 Å². The molecule has 1 rings (SSSR count). The van der Waals surface area contributed by atoms with Gasteiger partial charge in [-0.1, -0.05) is 13.3 Å². The number of carbonyl (C=O) groups is 1. The lowest BCUT2D eigenvalue weighted by atomic mass is 10.2. The van der Waals surface area contributed by atoms with E-state index >= 15 is 0 Å². The van der Waals surface area contributed by atoms with E-state index in [1.54, 1.807) is 12.5 Å². The first-order chi connectivity index (χ1) is 7.67. The normalized spacial score (nSPS) is 12.4. The second-order valence-corrected chi connectivity index (χ2v) is 3.95. The largest absolute Gasteiger partial charge is 0.348 e. The van der Waals surface area contributed by atoms with Crippen LogP contribution in [0.15, 0.2) is 12.5 Å². The fourth-order valence-corrected chi connectivity index (χ4v) is 1.55. The van der Waals surface area contributed by atoms with Crippen LogP contribution in [0.4, 0.5) is 0 Å². The summed E-state index contributed by atoms with van der Waals surface area (Å²) in [6.45, 7) is 5.32. The monoisotopic (exact) mass is 224 g/mol. The van der Waals surface area contributed by atoms with E-state index in [-0.39, 0.29) is 11.9 Å². The summed E-state index contributed by atoms with van der Waals surface area (Å²) in [5, 5.41) is 2.91. The Balaban J connectivity index is 2.52. The topological polar surface area (TPSA) is 72.9 Å². The van der Waals surface area contributed by atoms with Crippen LogP contribution in [-0.4, -0.2) is 28.0 Å². The molecule has 90 valence electrons. The quantitative estimate of drug-likeness (QED) is 0.749. The first-order valence-electron chi connectivity index (χ1n) is 5.70. The van der Waals surface area contributed by atoms with Gasteiger partial charge in [-0.3, -0.25) is 4.79 Å². The summed E-state index contributed by atoms with van der Waals surface area (Å²) in [5.74, 6) is -0.114. The zero-order valence-corrected chi connectivity index (χ0v) is 9.94. The molecule has 0 spiro atoms. The van der Waals surface area contributed by atoms with Crippen LogP contribution in [0.5, 0.6) is 0 Å². The van der Waals surface area contributed by atoms with Gasteiger partial charge in [-0.2, -0.15) is 0 Å². The van der Waals surface area contributed by atoms with Gasteiger partial charge in [0.15, 0.2) is 0 Å². The summed E-state index contributed by atoms with van der Waals surface area (Å²) in [6, 6.07) is 0.192. The average Bonchev–Trinajstić information content (AvgIpc) is 2.67. The van der Waals surface area contributed by atoms with Crippen molar-refractivity contribution in [3.05, 3.63) is 18.2 Å². The summed E-state index contributed by atoms with van der Waals surface area (Å²) in [7, 11) is 0. The highest BCUT2D eigenvalue weighted by Crippen LogP contribution is 1.99. The van der Waals surface area contributed by atoms with Crippen molar-refractivity contribution in [1.29, 1.82) is 0 Å². The van der Waals surface area contributed by atoms with E-state index in [9.17, 15) is 4.79 Å². The second-order valence-electron chi connectivity index (χ2n) is 3.95. The fraction of sp³-hybridized carbons (Fsp3) is 0.636. The zero-order valence-electron chi connectivity index (χ0n) is 9.94. The second kappa shape index (κ2) is 6.27. The predicted octanol–water partition coefficient (Wildman–Crippen LogP) is 0.760. The molecule has 0 aliphatic heterocycles. The van der Waals surface area contributed by atoms with E-state index in [0.717, 1.165) is 12.8 Å². The van der Waals surface area contributed by atoms with Crippen molar-refractivity contribution in [3.63, 3.8) is 0 Å². The Labute approximate surface area is 96.0 Å². The van der Waals surface area contributed by atoms with Crippen LogP contribution in [0, 0.1) is 0 Å². The minimum absolute atomic E-state index is 0.114. The van der Waals surface area contributed by atoms with Gasteiger partial charge in [0.2, 0.25) is 0 Å². The van der Waals surface area contributed by atoms with Crippen LogP contribution in [0.25, 0.3) is 0 Å². The number of amides is 1. The van der Waals surface area contributed by atoms with Crippen LogP contribution in [0.3, 0.4) is 0 Å². The van der Waals surface area contributed by atoms with Crippen LogP contribution >= 0.6 is 0 Å². The molecule has 1 unspecified atom stereocenters. The van der Waals surface area contributed by atoms with Gasteiger partial charge < -0.3 is 15.6 Å². The first-order valence-corrected chi connectivity index (χ1v) is 5.70. The lowest BCUT2D eigenvalue weighted by Gasteiger charge is -2.10. The van der Waals surface area contributed by atoms with Crippen LogP contribution in [-0.2, 0) is 6.54 Å². The molecule has 1 aromatic rings. The molecule has 0 aliphatic carbocycles. The molecule has 0 aliphatic rings. The van der Waals surface area contributed by atoms with Crippen molar-refractivity contribution in [3.8, 4) is 0 Å². The highest BCUT2D eigenvalue weighted by molar-refractivity contribution is 5.92. The number of hydrogen-bond acceptors (Lipinski definition) is 3. The number of hydrogen-bond donors (Lipinski definition) is 2. The first kappa shape index (κ1) is 12.7. The number of imidazole rings is 1. The molecule has 0 radical (unpaired) electrons. The predicted molar refractivity (Wildman–Crippen MR) is 63.1 cm³/mol.